The standard InChI is InChI=1S/C16H19NO/c1-4-9-17(11-14-6-7-14)16(18)15-8-5-12(2)13(3)10-15/h1,5,8,10,14H,6-7,9,11H2,2-3H3. The molecule has 18 heavy (non-hydrogen) atoms. The molecule has 0 bridgehead atoms. The van der Waals surface area contributed by atoms with Crippen LogP contribution in [0, 0.1) is 32.1 Å². The number of rotatable bonds is 4. The van der Waals surface area contributed by atoms with Crippen LogP contribution in [-0.4, -0.2) is 23.9 Å². The maximum atomic E-state index is 12.4. The molecule has 1 fully saturated rings. The Bertz CT molecular complexity index is 494. The van der Waals surface area contributed by atoms with Crippen LogP contribution in [0.2, 0.25) is 0 Å². The predicted molar refractivity (Wildman–Crippen MR) is 73.4 cm³/mol. The van der Waals surface area contributed by atoms with E-state index in [1.54, 1.807) is 4.90 Å². The number of nitrogens with zero attached hydrogens (tertiary/aromatic N) is 1. The van der Waals surface area contributed by atoms with E-state index in [4.69, 9.17) is 6.42 Å². The molecule has 0 unspecified atom stereocenters. The average molecular weight is 241 g/mol. The quantitative estimate of drug-likeness (QED) is 0.742. The number of hydrogen-bond acceptors (Lipinski definition) is 1. The van der Waals surface area contributed by atoms with Gasteiger partial charge in [-0.1, -0.05) is 12.0 Å². The first-order chi connectivity index (χ1) is 8.61. The highest BCUT2D eigenvalue weighted by molar-refractivity contribution is 5.94. The van der Waals surface area contributed by atoms with Crippen molar-refractivity contribution in [3.05, 3.63) is 34.9 Å². The Balaban J connectivity index is 2.15. The maximum Gasteiger partial charge on any atom is 0.254 e. The number of amides is 1. The molecule has 0 N–H and O–H groups in total. The van der Waals surface area contributed by atoms with Gasteiger partial charge in [-0.3, -0.25) is 4.79 Å². The van der Waals surface area contributed by atoms with Crippen LogP contribution in [0.3, 0.4) is 0 Å². The van der Waals surface area contributed by atoms with Gasteiger partial charge in [0, 0.05) is 12.1 Å². The van der Waals surface area contributed by atoms with Crippen molar-refractivity contribution >= 4 is 5.91 Å². The van der Waals surface area contributed by atoms with Crippen molar-refractivity contribution in [2.75, 3.05) is 13.1 Å². The second-order valence-electron chi connectivity index (χ2n) is 5.13. The van der Waals surface area contributed by atoms with Crippen molar-refractivity contribution in [2.24, 2.45) is 5.92 Å². The average Bonchev–Trinajstić information content (AvgIpc) is 3.15. The third-order valence-corrected chi connectivity index (χ3v) is 3.50. The Kier molecular flexibility index (Phi) is 3.72. The fourth-order valence-corrected chi connectivity index (χ4v) is 2.00. The number of benzene rings is 1. The molecule has 0 spiro atoms. The SMILES string of the molecule is C#CCN(CC1CC1)C(=O)c1ccc(C)c(C)c1. The molecular weight excluding hydrogens is 222 g/mol. The summed E-state index contributed by atoms with van der Waals surface area (Å²) in [4.78, 5) is 14.2. The summed E-state index contributed by atoms with van der Waals surface area (Å²) in [5, 5.41) is 0. The Morgan fingerprint density at radius 3 is 2.67 bits per heavy atom. The first-order valence-electron chi connectivity index (χ1n) is 6.42. The number of carbonyl (C=O) groups is 1. The molecule has 0 aliphatic heterocycles. The highest BCUT2D eigenvalue weighted by Crippen LogP contribution is 2.30. The second-order valence-corrected chi connectivity index (χ2v) is 5.13. The van der Waals surface area contributed by atoms with Gasteiger partial charge in [0.05, 0.1) is 6.54 Å². The van der Waals surface area contributed by atoms with Gasteiger partial charge < -0.3 is 4.90 Å². The first kappa shape index (κ1) is 12.7. The van der Waals surface area contributed by atoms with Crippen LogP contribution in [0.4, 0.5) is 0 Å². The second kappa shape index (κ2) is 5.27. The summed E-state index contributed by atoms with van der Waals surface area (Å²) in [6.45, 7) is 5.28. The van der Waals surface area contributed by atoms with E-state index in [0.29, 0.717) is 12.5 Å². The molecule has 0 radical (unpaired) electrons. The van der Waals surface area contributed by atoms with Crippen molar-refractivity contribution < 1.29 is 4.79 Å². The van der Waals surface area contributed by atoms with Gasteiger partial charge >= 0.3 is 0 Å². The van der Waals surface area contributed by atoms with E-state index < -0.39 is 0 Å². The molecule has 1 aromatic rings. The van der Waals surface area contributed by atoms with Crippen molar-refractivity contribution in [1.29, 1.82) is 0 Å². The summed E-state index contributed by atoms with van der Waals surface area (Å²) in [5.41, 5.74) is 3.10. The van der Waals surface area contributed by atoms with E-state index in [-0.39, 0.29) is 5.91 Å². The smallest absolute Gasteiger partial charge is 0.254 e. The largest absolute Gasteiger partial charge is 0.327 e. The van der Waals surface area contributed by atoms with Crippen molar-refractivity contribution in [3.63, 3.8) is 0 Å². The van der Waals surface area contributed by atoms with Gasteiger partial charge in [-0.25, -0.2) is 0 Å². The lowest BCUT2D eigenvalue weighted by molar-refractivity contribution is 0.0769. The minimum atomic E-state index is 0.0583. The van der Waals surface area contributed by atoms with E-state index >= 15 is 0 Å². The van der Waals surface area contributed by atoms with Crippen LogP contribution < -0.4 is 0 Å². The monoisotopic (exact) mass is 241 g/mol. The third kappa shape index (κ3) is 2.92. The minimum absolute atomic E-state index is 0.0583. The molecule has 94 valence electrons. The third-order valence-electron chi connectivity index (χ3n) is 3.50. The maximum absolute atomic E-state index is 12.4. The molecule has 0 aromatic heterocycles. The van der Waals surface area contributed by atoms with E-state index in [2.05, 4.69) is 5.92 Å². The normalized spacial score (nSPS) is 14.1. The van der Waals surface area contributed by atoms with Gasteiger partial charge in [0.1, 0.15) is 0 Å². The van der Waals surface area contributed by atoms with Gasteiger partial charge in [-0.15, -0.1) is 6.42 Å². The molecule has 1 saturated carbocycles. The zero-order chi connectivity index (χ0) is 13.1. The number of terminal acetylenes is 1. The van der Waals surface area contributed by atoms with Gasteiger partial charge in [0.15, 0.2) is 0 Å². The molecule has 2 rings (SSSR count). The Morgan fingerprint density at radius 1 is 1.39 bits per heavy atom. The van der Waals surface area contributed by atoms with Crippen molar-refractivity contribution in [3.8, 4) is 12.3 Å². The fraction of sp³-hybridized carbons (Fsp3) is 0.438. The lowest BCUT2D eigenvalue weighted by Crippen LogP contribution is -2.33. The van der Waals surface area contributed by atoms with Crippen LogP contribution in [-0.2, 0) is 0 Å². The van der Waals surface area contributed by atoms with Crippen LogP contribution in [0.1, 0.15) is 34.3 Å². The molecule has 1 aliphatic carbocycles. The first-order valence-corrected chi connectivity index (χ1v) is 6.42. The summed E-state index contributed by atoms with van der Waals surface area (Å²) in [7, 11) is 0. The molecule has 0 saturated heterocycles. The summed E-state index contributed by atoms with van der Waals surface area (Å²) in [6.07, 6.45) is 7.80. The zero-order valence-corrected chi connectivity index (χ0v) is 11.1. The predicted octanol–water partition coefficient (Wildman–Crippen LogP) is 2.79. The van der Waals surface area contributed by atoms with E-state index in [0.717, 1.165) is 17.7 Å². The summed E-state index contributed by atoms with van der Waals surface area (Å²) >= 11 is 0. The van der Waals surface area contributed by atoms with Crippen LogP contribution in [0.5, 0.6) is 0 Å². The Labute approximate surface area is 109 Å². The fourth-order valence-electron chi connectivity index (χ4n) is 2.00. The molecule has 0 heterocycles. The summed E-state index contributed by atoms with van der Waals surface area (Å²) in [6, 6.07) is 5.84. The Hall–Kier alpha value is -1.75. The summed E-state index contributed by atoms with van der Waals surface area (Å²) < 4.78 is 0. The lowest BCUT2D eigenvalue weighted by Gasteiger charge is -2.20. The van der Waals surface area contributed by atoms with Crippen LogP contribution in [0.25, 0.3) is 0 Å². The molecule has 1 aromatic carbocycles. The van der Waals surface area contributed by atoms with Crippen molar-refractivity contribution in [2.45, 2.75) is 26.7 Å². The lowest BCUT2D eigenvalue weighted by atomic mass is 10.1. The number of aryl methyl sites for hydroxylation is 2. The molecular formula is C16H19NO. The molecule has 2 heteroatoms. The van der Waals surface area contributed by atoms with Gasteiger partial charge in [-0.05, 0) is 55.9 Å². The number of carbonyl (C=O) groups excluding carboxylic acids is 1. The molecule has 2 nitrogen and oxygen atoms in total. The van der Waals surface area contributed by atoms with Gasteiger partial charge in [-0.2, -0.15) is 0 Å². The zero-order valence-electron chi connectivity index (χ0n) is 11.1. The van der Waals surface area contributed by atoms with Crippen LogP contribution in [0.15, 0.2) is 18.2 Å². The number of hydrogen-bond donors (Lipinski definition) is 0. The van der Waals surface area contributed by atoms with E-state index in [1.807, 2.05) is 32.0 Å². The summed E-state index contributed by atoms with van der Waals surface area (Å²) in [5.74, 6) is 3.30. The minimum Gasteiger partial charge on any atom is -0.327 e. The molecule has 1 amide bonds. The molecule has 0 atom stereocenters. The van der Waals surface area contributed by atoms with Crippen LogP contribution >= 0.6 is 0 Å². The van der Waals surface area contributed by atoms with Gasteiger partial charge in [0.2, 0.25) is 0 Å². The topological polar surface area (TPSA) is 20.3 Å². The van der Waals surface area contributed by atoms with E-state index in [9.17, 15) is 4.79 Å². The van der Waals surface area contributed by atoms with E-state index in [1.165, 1.54) is 18.4 Å². The molecule has 1 aliphatic rings. The Morgan fingerprint density at radius 2 is 2.11 bits per heavy atom. The highest BCUT2D eigenvalue weighted by Gasteiger charge is 2.26. The van der Waals surface area contributed by atoms with Crippen molar-refractivity contribution in [1.82, 2.24) is 4.90 Å². The highest BCUT2D eigenvalue weighted by atomic mass is 16.2. The van der Waals surface area contributed by atoms with Gasteiger partial charge in [0.25, 0.3) is 5.91 Å².